The van der Waals surface area contributed by atoms with Gasteiger partial charge in [-0.25, -0.2) is 0 Å². The maximum atomic E-state index is 5.89. The minimum absolute atomic E-state index is 0.135. The van der Waals surface area contributed by atoms with Gasteiger partial charge >= 0.3 is 0 Å². The standard InChI is InChI=1S/C11H15N3OS/c1-12-7-9-10-11-8(3-6-16-11)13-14(10)4-2-5-15-9/h3,6,9,12H,2,4-5,7H2,1H3. The molecule has 0 saturated heterocycles. The second-order valence-corrected chi connectivity index (χ2v) is 4.93. The number of hydrogen-bond acceptors (Lipinski definition) is 4. The van der Waals surface area contributed by atoms with E-state index < -0.39 is 0 Å². The highest BCUT2D eigenvalue weighted by atomic mass is 32.1. The van der Waals surface area contributed by atoms with Gasteiger partial charge in [-0.1, -0.05) is 0 Å². The number of nitrogens with zero attached hydrogens (tertiary/aromatic N) is 2. The molecule has 0 aromatic carbocycles. The molecule has 0 fully saturated rings. The Balaban J connectivity index is 2.11. The fraction of sp³-hybridized carbons (Fsp3) is 0.545. The van der Waals surface area contributed by atoms with Gasteiger partial charge in [-0.2, -0.15) is 5.10 Å². The highest BCUT2D eigenvalue weighted by molar-refractivity contribution is 7.17. The summed E-state index contributed by atoms with van der Waals surface area (Å²) in [5.41, 5.74) is 2.35. The molecule has 0 radical (unpaired) electrons. The molecule has 2 aromatic rings. The Kier molecular flexibility index (Phi) is 2.67. The average Bonchev–Trinajstić information content (AvgIpc) is 2.78. The Bertz CT molecular complexity index is 490. The zero-order valence-electron chi connectivity index (χ0n) is 9.27. The molecule has 1 aliphatic heterocycles. The predicted octanol–water partition coefficient (Wildman–Crippen LogP) is 1.78. The predicted molar refractivity (Wildman–Crippen MR) is 64.8 cm³/mol. The van der Waals surface area contributed by atoms with Gasteiger partial charge < -0.3 is 10.1 Å². The van der Waals surface area contributed by atoms with Crippen LogP contribution in [-0.2, 0) is 11.3 Å². The average molecular weight is 237 g/mol. The lowest BCUT2D eigenvalue weighted by Crippen LogP contribution is -2.20. The number of aryl methyl sites for hydroxylation is 1. The van der Waals surface area contributed by atoms with E-state index in [0.717, 1.165) is 31.6 Å². The van der Waals surface area contributed by atoms with E-state index in [4.69, 9.17) is 4.74 Å². The van der Waals surface area contributed by atoms with E-state index in [9.17, 15) is 0 Å². The second kappa shape index (κ2) is 4.16. The number of fused-ring (bicyclic) bond motifs is 3. The first-order valence-corrected chi connectivity index (χ1v) is 6.48. The number of ether oxygens (including phenoxy) is 1. The number of aromatic nitrogens is 2. The van der Waals surface area contributed by atoms with Gasteiger partial charge in [0, 0.05) is 19.7 Å². The van der Waals surface area contributed by atoms with Crippen molar-refractivity contribution in [1.29, 1.82) is 0 Å². The van der Waals surface area contributed by atoms with E-state index in [-0.39, 0.29) is 6.10 Å². The molecule has 16 heavy (non-hydrogen) atoms. The monoisotopic (exact) mass is 237 g/mol. The van der Waals surface area contributed by atoms with E-state index in [2.05, 4.69) is 26.5 Å². The minimum Gasteiger partial charge on any atom is -0.370 e. The van der Waals surface area contributed by atoms with Crippen LogP contribution in [0.25, 0.3) is 10.2 Å². The molecule has 1 atom stereocenters. The zero-order chi connectivity index (χ0) is 11.0. The van der Waals surface area contributed by atoms with Crippen LogP contribution in [0.15, 0.2) is 11.4 Å². The number of likely N-dealkylation sites (N-methyl/N-ethyl adjacent to an activating group) is 1. The number of hydrogen-bond donors (Lipinski definition) is 1. The molecule has 3 rings (SSSR count). The fourth-order valence-corrected chi connectivity index (χ4v) is 3.14. The summed E-state index contributed by atoms with van der Waals surface area (Å²) in [6.45, 7) is 2.64. The molecule has 0 saturated carbocycles. The molecule has 0 aliphatic carbocycles. The summed E-state index contributed by atoms with van der Waals surface area (Å²) >= 11 is 1.76. The molecular formula is C11H15N3OS. The van der Waals surface area contributed by atoms with Crippen molar-refractivity contribution >= 4 is 21.6 Å². The third-order valence-electron chi connectivity index (χ3n) is 2.91. The highest BCUT2D eigenvalue weighted by Gasteiger charge is 2.24. The van der Waals surface area contributed by atoms with Gasteiger partial charge in [-0.3, -0.25) is 4.68 Å². The molecule has 0 spiro atoms. The molecule has 3 heterocycles. The Morgan fingerprint density at radius 1 is 1.69 bits per heavy atom. The van der Waals surface area contributed by atoms with Crippen molar-refractivity contribution in [3.05, 3.63) is 17.1 Å². The molecule has 86 valence electrons. The van der Waals surface area contributed by atoms with Gasteiger partial charge in [-0.05, 0) is 24.9 Å². The summed E-state index contributed by atoms with van der Waals surface area (Å²) in [5, 5.41) is 9.91. The molecule has 1 N–H and O–H groups in total. The Labute approximate surface area is 98.2 Å². The van der Waals surface area contributed by atoms with Crippen molar-refractivity contribution in [3.8, 4) is 0 Å². The van der Waals surface area contributed by atoms with Gasteiger partial charge in [0.15, 0.2) is 0 Å². The van der Waals surface area contributed by atoms with Crippen LogP contribution in [-0.4, -0.2) is 30.0 Å². The Hall–Kier alpha value is -0.910. The van der Waals surface area contributed by atoms with Crippen molar-refractivity contribution in [3.63, 3.8) is 0 Å². The van der Waals surface area contributed by atoms with Gasteiger partial charge in [0.2, 0.25) is 0 Å². The number of nitrogens with one attached hydrogen (secondary N) is 1. The quantitative estimate of drug-likeness (QED) is 0.865. The van der Waals surface area contributed by atoms with Gasteiger partial charge in [0.25, 0.3) is 0 Å². The number of rotatable bonds is 2. The van der Waals surface area contributed by atoms with Gasteiger partial charge in [0.05, 0.1) is 10.4 Å². The van der Waals surface area contributed by atoms with Crippen molar-refractivity contribution in [2.45, 2.75) is 19.1 Å². The first-order chi connectivity index (χ1) is 7.90. The van der Waals surface area contributed by atoms with Crippen LogP contribution in [0, 0.1) is 0 Å². The van der Waals surface area contributed by atoms with Crippen molar-refractivity contribution in [1.82, 2.24) is 15.1 Å². The molecule has 0 bridgehead atoms. The smallest absolute Gasteiger partial charge is 0.113 e. The maximum Gasteiger partial charge on any atom is 0.113 e. The summed E-state index contributed by atoms with van der Waals surface area (Å²) in [4.78, 5) is 0. The van der Waals surface area contributed by atoms with Crippen LogP contribution < -0.4 is 5.32 Å². The van der Waals surface area contributed by atoms with Gasteiger partial charge in [0.1, 0.15) is 11.6 Å². The van der Waals surface area contributed by atoms with E-state index in [1.807, 2.05) is 7.05 Å². The SMILES string of the molecule is CNCC1OCCCn2nc3ccsc3c21. The lowest BCUT2D eigenvalue weighted by Gasteiger charge is -2.15. The molecule has 2 aromatic heterocycles. The van der Waals surface area contributed by atoms with Crippen LogP contribution in [0.2, 0.25) is 0 Å². The second-order valence-electron chi connectivity index (χ2n) is 4.01. The summed E-state index contributed by atoms with van der Waals surface area (Å²) in [6.07, 6.45) is 1.18. The van der Waals surface area contributed by atoms with Crippen molar-refractivity contribution in [2.75, 3.05) is 20.2 Å². The first-order valence-electron chi connectivity index (χ1n) is 5.60. The minimum atomic E-state index is 0.135. The zero-order valence-corrected chi connectivity index (χ0v) is 10.1. The van der Waals surface area contributed by atoms with E-state index in [1.165, 1.54) is 10.4 Å². The van der Waals surface area contributed by atoms with E-state index in [0.29, 0.717) is 0 Å². The third-order valence-corrected chi connectivity index (χ3v) is 3.84. The highest BCUT2D eigenvalue weighted by Crippen LogP contribution is 2.32. The largest absolute Gasteiger partial charge is 0.370 e. The normalized spacial score (nSPS) is 20.9. The molecule has 5 heteroatoms. The molecule has 0 amide bonds. The van der Waals surface area contributed by atoms with Crippen LogP contribution in [0.1, 0.15) is 18.2 Å². The topological polar surface area (TPSA) is 39.1 Å². The van der Waals surface area contributed by atoms with Gasteiger partial charge in [-0.15, -0.1) is 11.3 Å². The summed E-state index contributed by atoms with van der Waals surface area (Å²) in [7, 11) is 1.96. The van der Waals surface area contributed by atoms with Crippen LogP contribution in [0.5, 0.6) is 0 Å². The number of thiophene rings is 1. The summed E-state index contributed by atoms with van der Waals surface area (Å²) < 4.78 is 9.29. The molecular weight excluding hydrogens is 222 g/mol. The van der Waals surface area contributed by atoms with E-state index >= 15 is 0 Å². The van der Waals surface area contributed by atoms with Crippen LogP contribution in [0.3, 0.4) is 0 Å². The molecule has 1 unspecified atom stereocenters. The van der Waals surface area contributed by atoms with E-state index in [1.54, 1.807) is 11.3 Å². The van der Waals surface area contributed by atoms with Crippen molar-refractivity contribution < 1.29 is 4.74 Å². The van der Waals surface area contributed by atoms with Crippen LogP contribution >= 0.6 is 11.3 Å². The Morgan fingerprint density at radius 3 is 3.50 bits per heavy atom. The summed E-state index contributed by atoms with van der Waals surface area (Å²) in [5.74, 6) is 0. The third kappa shape index (κ3) is 1.55. The summed E-state index contributed by atoms with van der Waals surface area (Å²) in [6, 6.07) is 2.08. The molecule has 1 aliphatic rings. The first kappa shape index (κ1) is 10.3. The van der Waals surface area contributed by atoms with Crippen molar-refractivity contribution in [2.24, 2.45) is 0 Å². The maximum absolute atomic E-state index is 5.89. The fourth-order valence-electron chi connectivity index (χ4n) is 2.22. The van der Waals surface area contributed by atoms with Crippen LogP contribution in [0.4, 0.5) is 0 Å². The molecule has 4 nitrogen and oxygen atoms in total. The lowest BCUT2D eigenvalue weighted by atomic mass is 10.2. The Morgan fingerprint density at radius 2 is 2.62 bits per heavy atom. The lowest BCUT2D eigenvalue weighted by molar-refractivity contribution is 0.0582.